The Hall–Kier alpha value is -1.80. The topological polar surface area (TPSA) is 81.8 Å². The fourth-order valence-corrected chi connectivity index (χ4v) is 3.66. The van der Waals surface area contributed by atoms with E-state index in [9.17, 15) is 0 Å². The number of rotatable bonds is 7. The van der Waals surface area contributed by atoms with E-state index in [1.807, 2.05) is 19.1 Å². The molecule has 0 saturated heterocycles. The zero-order valence-corrected chi connectivity index (χ0v) is 16.4. The summed E-state index contributed by atoms with van der Waals surface area (Å²) in [5.41, 5.74) is 9.35. The van der Waals surface area contributed by atoms with Crippen molar-refractivity contribution in [2.75, 3.05) is 17.8 Å². The molecule has 1 aliphatic carbocycles. The fraction of sp³-hybridized carbons (Fsp3) is 0.412. The number of nitrogens with two attached hydrogens (primary N) is 1. The molecule has 0 spiro atoms. The number of nitrogens with zero attached hydrogens (tertiary/aromatic N) is 2. The SMILES string of the molecule is CCOc1cc(C=NNc2nc(N)cs2)c(Br)cc1OC1CCCC1. The molecule has 3 rings (SSSR count). The summed E-state index contributed by atoms with van der Waals surface area (Å²) in [6.07, 6.45) is 6.66. The van der Waals surface area contributed by atoms with Gasteiger partial charge in [0.15, 0.2) is 11.5 Å². The van der Waals surface area contributed by atoms with Crippen LogP contribution in [0.15, 0.2) is 27.1 Å². The third kappa shape index (κ3) is 4.85. The van der Waals surface area contributed by atoms with Crippen molar-refractivity contribution >= 4 is 44.4 Å². The summed E-state index contributed by atoms with van der Waals surface area (Å²) in [4.78, 5) is 4.10. The molecule has 1 aliphatic rings. The quantitative estimate of drug-likeness (QED) is 0.498. The van der Waals surface area contributed by atoms with Crippen LogP contribution in [-0.4, -0.2) is 23.9 Å². The summed E-state index contributed by atoms with van der Waals surface area (Å²) in [7, 11) is 0. The number of benzene rings is 1. The highest BCUT2D eigenvalue weighted by Gasteiger charge is 2.19. The third-order valence-corrected chi connectivity index (χ3v) is 5.30. The molecule has 8 heteroatoms. The van der Waals surface area contributed by atoms with Crippen LogP contribution in [0, 0.1) is 0 Å². The molecule has 3 N–H and O–H groups in total. The molecule has 134 valence electrons. The molecule has 2 aromatic rings. The molecule has 0 unspecified atom stereocenters. The van der Waals surface area contributed by atoms with Gasteiger partial charge < -0.3 is 15.2 Å². The molecule has 1 aromatic heterocycles. The lowest BCUT2D eigenvalue weighted by Gasteiger charge is -2.17. The number of hydrogen-bond donors (Lipinski definition) is 2. The maximum absolute atomic E-state index is 6.13. The van der Waals surface area contributed by atoms with E-state index < -0.39 is 0 Å². The molecule has 0 radical (unpaired) electrons. The smallest absolute Gasteiger partial charge is 0.205 e. The summed E-state index contributed by atoms with van der Waals surface area (Å²) in [6, 6.07) is 3.88. The predicted molar refractivity (Wildman–Crippen MR) is 106 cm³/mol. The number of anilines is 2. The van der Waals surface area contributed by atoms with Crippen molar-refractivity contribution in [3.8, 4) is 11.5 Å². The van der Waals surface area contributed by atoms with Crippen LogP contribution in [0.3, 0.4) is 0 Å². The van der Waals surface area contributed by atoms with Crippen LogP contribution in [0.2, 0.25) is 0 Å². The van der Waals surface area contributed by atoms with Gasteiger partial charge in [0.2, 0.25) is 5.13 Å². The number of thiazole rings is 1. The van der Waals surface area contributed by atoms with Crippen LogP contribution >= 0.6 is 27.3 Å². The van der Waals surface area contributed by atoms with E-state index in [4.69, 9.17) is 15.2 Å². The first-order valence-electron chi connectivity index (χ1n) is 8.28. The van der Waals surface area contributed by atoms with E-state index in [0.717, 1.165) is 34.4 Å². The minimum absolute atomic E-state index is 0.280. The molecule has 1 fully saturated rings. The highest BCUT2D eigenvalue weighted by atomic mass is 79.9. The number of hydrogen-bond acceptors (Lipinski definition) is 7. The standard InChI is InChI=1S/C17H21BrN4O2S/c1-2-23-14-7-11(9-20-22-17-21-16(19)10-25-17)13(18)8-15(14)24-12-5-3-4-6-12/h7-10,12H,2-6,19H2,1H3,(H,21,22). The lowest BCUT2D eigenvalue weighted by Crippen LogP contribution is -2.12. The normalized spacial score (nSPS) is 15.0. The third-order valence-electron chi connectivity index (χ3n) is 3.84. The second-order valence-electron chi connectivity index (χ2n) is 5.73. The molecule has 0 amide bonds. The minimum atomic E-state index is 0.280. The lowest BCUT2D eigenvalue weighted by atomic mass is 10.2. The van der Waals surface area contributed by atoms with Crippen LogP contribution in [0.4, 0.5) is 10.9 Å². The van der Waals surface area contributed by atoms with Gasteiger partial charge in [-0.05, 0) is 60.7 Å². The van der Waals surface area contributed by atoms with Crippen molar-refractivity contribution in [2.24, 2.45) is 5.10 Å². The Morgan fingerprint density at radius 1 is 1.40 bits per heavy atom. The molecular weight excluding hydrogens is 404 g/mol. The van der Waals surface area contributed by atoms with E-state index in [2.05, 4.69) is 31.4 Å². The zero-order valence-electron chi connectivity index (χ0n) is 14.0. The molecular formula is C17H21BrN4O2S. The van der Waals surface area contributed by atoms with Gasteiger partial charge in [0, 0.05) is 15.4 Å². The van der Waals surface area contributed by atoms with Gasteiger partial charge >= 0.3 is 0 Å². The number of ether oxygens (including phenoxy) is 2. The van der Waals surface area contributed by atoms with E-state index in [-0.39, 0.29) is 6.10 Å². The Labute approximate surface area is 159 Å². The number of halogens is 1. The monoisotopic (exact) mass is 424 g/mol. The Bertz CT molecular complexity index is 744. The Morgan fingerprint density at radius 2 is 2.20 bits per heavy atom. The van der Waals surface area contributed by atoms with Crippen molar-refractivity contribution in [2.45, 2.75) is 38.7 Å². The summed E-state index contributed by atoms with van der Waals surface area (Å²) < 4.78 is 12.8. The van der Waals surface area contributed by atoms with E-state index in [0.29, 0.717) is 17.6 Å². The number of hydrazone groups is 1. The van der Waals surface area contributed by atoms with Crippen molar-refractivity contribution in [3.05, 3.63) is 27.5 Å². The second-order valence-corrected chi connectivity index (χ2v) is 7.44. The van der Waals surface area contributed by atoms with E-state index in [1.54, 1.807) is 11.6 Å². The zero-order chi connectivity index (χ0) is 17.6. The van der Waals surface area contributed by atoms with Crippen LogP contribution in [0.1, 0.15) is 38.2 Å². The molecule has 0 aliphatic heterocycles. The first kappa shape index (κ1) is 18.0. The number of aromatic nitrogens is 1. The van der Waals surface area contributed by atoms with Crippen molar-refractivity contribution in [3.63, 3.8) is 0 Å². The van der Waals surface area contributed by atoms with Crippen LogP contribution in [0.25, 0.3) is 0 Å². The largest absolute Gasteiger partial charge is 0.490 e. The average Bonchev–Trinajstić information content (AvgIpc) is 3.23. The molecule has 1 heterocycles. The van der Waals surface area contributed by atoms with Crippen molar-refractivity contribution in [1.29, 1.82) is 0 Å². The summed E-state index contributed by atoms with van der Waals surface area (Å²) >= 11 is 4.99. The minimum Gasteiger partial charge on any atom is -0.490 e. The molecule has 6 nitrogen and oxygen atoms in total. The second kappa shape index (κ2) is 8.53. The molecule has 1 saturated carbocycles. The Kier molecular flexibility index (Phi) is 6.14. The van der Waals surface area contributed by atoms with Gasteiger partial charge in [-0.2, -0.15) is 5.10 Å². The molecule has 25 heavy (non-hydrogen) atoms. The maximum atomic E-state index is 6.13. The number of nitrogen functional groups attached to an aromatic ring is 1. The lowest BCUT2D eigenvalue weighted by molar-refractivity contribution is 0.196. The van der Waals surface area contributed by atoms with Crippen LogP contribution in [0.5, 0.6) is 11.5 Å². The average molecular weight is 425 g/mol. The molecule has 0 bridgehead atoms. The molecule has 1 aromatic carbocycles. The van der Waals surface area contributed by atoms with Gasteiger partial charge in [-0.3, -0.25) is 5.43 Å². The predicted octanol–water partition coefficient (Wildman–Crippen LogP) is 4.65. The van der Waals surface area contributed by atoms with Crippen LogP contribution in [-0.2, 0) is 0 Å². The fourth-order valence-electron chi connectivity index (χ4n) is 2.69. The maximum Gasteiger partial charge on any atom is 0.205 e. The van der Waals surface area contributed by atoms with E-state index >= 15 is 0 Å². The van der Waals surface area contributed by atoms with Crippen LogP contribution < -0.4 is 20.6 Å². The summed E-state index contributed by atoms with van der Waals surface area (Å²) in [5.74, 6) is 1.99. The van der Waals surface area contributed by atoms with Gasteiger partial charge in [-0.25, -0.2) is 4.98 Å². The van der Waals surface area contributed by atoms with Gasteiger partial charge in [0.1, 0.15) is 5.82 Å². The molecule has 0 atom stereocenters. The summed E-state index contributed by atoms with van der Waals surface area (Å²) in [6.45, 7) is 2.54. The van der Waals surface area contributed by atoms with E-state index in [1.165, 1.54) is 24.2 Å². The van der Waals surface area contributed by atoms with Gasteiger partial charge in [0.05, 0.1) is 18.9 Å². The first-order valence-corrected chi connectivity index (χ1v) is 9.96. The Morgan fingerprint density at radius 3 is 2.88 bits per heavy atom. The van der Waals surface area contributed by atoms with Gasteiger partial charge in [0.25, 0.3) is 0 Å². The highest BCUT2D eigenvalue weighted by Crippen LogP contribution is 2.36. The first-order chi connectivity index (χ1) is 12.2. The van der Waals surface area contributed by atoms with Gasteiger partial charge in [-0.15, -0.1) is 11.3 Å². The van der Waals surface area contributed by atoms with Crippen molar-refractivity contribution < 1.29 is 9.47 Å². The van der Waals surface area contributed by atoms with Crippen molar-refractivity contribution in [1.82, 2.24) is 4.98 Å². The highest BCUT2D eigenvalue weighted by molar-refractivity contribution is 9.10. The number of nitrogens with one attached hydrogen (secondary N) is 1. The van der Waals surface area contributed by atoms with Gasteiger partial charge in [-0.1, -0.05) is 0 Å². The Balaban J connectivity index is 1.75. The summed E-state index contributed by atoms with van der Waals surface area (Å²) in [5, 5.41) is 6.62.